The zero-order valence-corrected chi connectivity index (χ0v) is 59.8. The van der Waals surface area contributed by atoms with Crippen molar-refractivity contribution in [3.63, 3.8) is 0 Å². The summed E-state index contributed by atoms with van der Waals surface area (Å²) in [6.07, 6.45) is -39.3. The highest BCUT2D eigenvalue weighted by Crippen LogP contribution is 2.48. The molecular formula is C75H83O40+. The first-order chi connectivity index (χ1) is 54.8. The SMILES string of the molecule is O=C(O)CC(=O)OCC1OC(OC2=Cc3c(O)cc(OC4OC(COC(=O)C=Cc5ccc(O)cc5)C(O)C(O)C4O)cc3[OH+]C2c2ccc(O)c(OC3OC(COC(=O)C=Cc4ccc(OC5OC(COC(=O)C=Cc6ccc(OC7OC(CO)C(O)C(O)C7O)cc6)C(O)C(O)C5O)cc4)C(O)C(O)C3O)c2)C(O)C(O)C1O. The fourth-order valence-corrected chi connectivity index (χ4v) is 12.3. The number of carbonyl (C=O) groups excluding carboxylic acids is 4. The number of carboxylic acid groups (broad SMARTS) is 1. The molecule has 5 saturated heterocycles. The van der Waals surface area contributed by atoms with Crippen LogP contribution in [0.5, 0.6) is 46.0 Å². The van der Waals surface area contributed by atoms with Crippen molar-refractivity contribution >= 4 is 54.2 Å². The number of hydrogen-bond acceptors (Lipinski definition) is 38. The van der Waals surface area contributed by atoms with Crippen LogP contribution in [0.1, 0.15) is 40.3 Å². The molecule has 5 aromatic carbocycles. The van der Waals surface area contributed by atoms with E-state index in [1.165, 1.54) is 103 Å². The van der Waals surface area contributed by atoms with Crippen molar-refractivity contribution in [2.75, 3.05) is 33.0 Å². The highest BCUT2D eigenvalue weighted by Gasteiger charge is 2.52. The standard InChI is InChI=1S/C75H82O40/c76-26-45-55(86)60(91)65(96)71(111-45)105-36-13-3-32(4-14-36)8-19-52(83)101-27-46-56(87)61(92)66(97)72(112-46)106-37-15-5-33(6-16-37)9-20-53(84)103-29-48-58(89)63(94)68(99)74(114-48)109-43-21-34(10-17-40(43)78)70-44(110-75-69(100)64(95)59(90)49(115-75)30-104-54(85)25-50(80)81)24-39-41(79)22-38(23-42(39)108-70)107-73-67(98)62(93)57(88)47(113-73)28-102-51(82)18-7-31-1-11-35(77)12-2-31/h1-24,45-49,55-79,86-100H,25-30H2,(H,80,81)/p+1. The maximum atomic E-state index is 13.1. The van der Waals surface area contributed by atoms with E-state index < -0.39 is 246 Å². The van der Waals surface area contributed by atoms with Crippen molar-refractivity contribution in [3.8, 4) is 46.0 Å². The van der Waals surface area contributed by atoms with Crippen molar-refractivity contribution in [2.45, 2.75) is 166 Å². The van der Waals surface area contributed by atoms with Crippen LogP contribution in [0.25, 0.3) is 24.3 Å². The molecule has 115 heavy (non-hydrogen) atoms. The first-order valence-corrected chi connectivity index (χ1v) is 35.3. The highest BCUT2D eigenvalue weighted by molar-refractivity contribution is 5.90. The Bertz CT molecular complexity index is 4290. The molecule has 26 unspecified atom stereocenters. The number of carboxylic acids is 1. The van der Waals surface area contributed by atoms with Crippen LogP contribution < -0.4 is 18.9 Å². The Morgan fingerprint density at radius 1 is 0.383 bits per heavy atom. The van der Waals surface area contributed by atoms with E-state index in [0.29, 0.717) is 16.7 Å². The summed E-state index contributed by atoms with van der Waals surface area (Å²) in [5, 5.41) is 213. The Kier molecular flexibility index (Phi) is 28.3. The normalized spacial score (nSPS) is 32.7. The van der Waals surface area contributed by atoms with Crippen LogP contribution in [0.2, 0.25) is 0 Å². The average molecular weight is 1620 g/mol. The third-order valence-corrected chi connectivity index (χ3v) is 18.8. The fourth-order valence-electron chi connectivity index (χ4n) is 12.3. The van der Waals surface area contributed by atoms with Gasteiger partial charge in [0.2, 0.25) is 31.5 Å². The van der Waals surface area contributed by atoms with Crippen LogP contribution in [0.15, 0.2) is 127 Å². The molecule has 21 N–H and O–H groups in total. The molecule has 6 heterocycles. The Morgan fingerprint density at radius 3 is 1.16 bits per heavy atom. The second-order valence-corrected chi connectivity index (χ2v) is 26.9. The topological polar surface area (TPSA) is 632 Å². The van der Waals surface area contributed by atoms with Gasteiger partial charge in [-0.25, -0.2) is 14.4 Å². The number of aromatic hydroxyl groups is 4. The molecule has 5 fully saturated rings. The fraction of sp³-hybridized carbons (Fsp3) is 0.427. The van der Waals surface area contributed by atoms with E-state index in [0.717, 1.165) is 42.5 Å². The van der Waals surface area contributed by atoms with Gasteiger partial charge in [0, 0.05) is 30.4 Å². The number of phenols is 3. The van der Waals surface area contributed by atoms with Gasteiger partial charge in [0.25, 0.3) is 11.9 Å². The van der Waals surface area contributed by atoms with E-state index in [2.05, 4.69) is 0 Å². The van der Waals surface area contributed by atoms with Crippen LogP contribution in [0.4, 0.5) is 0 Å². The lowest BCUT2D eigenvalue weighted by Gasteiger charge is -2.41. The van der Waals surface area contributed by atoms with Crippen molar-refractivity contribution in [1.29, 1.82) is 0 Å². The lowest BCUT2D eigenvalue weighted by atomic mass is 9.98. The molecule has 26 atom stereocenters. The summed E-state index contributed by atoms with van der Waals surface area (Å²) in [6.45, 7) is -3.64. The number of fused-ring (bicyclic) bond motifs is 1. The minimum Gasteiger partial charge on any atom is -0.571 e. The number of esters is 4. The highest BCUT2D eigenvalue weighted by atomic mass is 16.7. The van der Waals surface area contributed by atoms with E-state index in [1.54, 1.807) is 0 Å². The third-order valence-electron chi connectivity index (χ3n) is 18.8. The Hall–Kier alpha value is -10.2. The summed E-state index contributed by atoms with van der Waals surface area (Å²) in [7, 11) is 0. The van der Waals surface area contributed by atoms with Gasteiger partial charge in [-0.05, 0) is 89.5 Å². The van der Waals surface area contributed by atoms with E-state index in [-0.39, 0.29) is 45.6 Å². The lowest BCUT2D eigenvalue weighted by molar-refractivity contribution is -0.296. The molecule has 40 heteroatoms. The van der Waals surface area contributed by atoms with Gasteiger partial charge < -0.3 is 173 Å². The summed E-state index contributed by atoms with van der Waals surface area (Å²) in [4.78, 5) is 61.9. The quantitative estimate of drug-likeness (QED) is 0.00738. The Balaban J connectivity index is 0.718. The molecule has 5 aromatic rings. The predicted octanol–water partition coefficient (Wildman–Crippen LogP) is -4.51. The molecule has 6 aliphatic heterocycles. The number of ether oxygens (including phenoxy) is 15. The first kappa shape index (κ1) is 85.6. The lowest BCUT2D eigenvalue weighted by Crippen LogP contribution is -2.60. The number of carbonyl (C=O) groups is 5. The number of aliphatic hydroxyl groups is 17. The van der Waals surface area contributed by atoms with Gasteiger partial charge in [-0.3, -0.25) is 9.59 Å². The van der Waals surface area contributed by atoms with Gasteiger partial charge in [-0.1, -0.05) is 36.4 Å². The van der Waals surface area contributed by atoms with E-state index >= 15 is 0 Å². The second-order valence-electron chi connectivity index (χ2n) is 26.9. The molecule has 0 spiro atoms. The zero-order valence-electron chi connectivity index (χ0n) is 59.8. The second kappa shape index (κ2) is 38.0. The van der Waals surface area contributed by atoms with Crippen molar-refractivity contribution in [1.82, 2.24) is 0 Å². The minimum atomic E-state index is -2.11. The summed E-state index contributed by atoms with van der Waals surface area (Å²) in [6, 6.07) is 22.9. The molecule has 6 aliphatic rings. The van der Waals surface area contributed by atoms with Crippen LogP contribution in [-0.2, 0) is 71.3 Å². The monoisotopic (exact) mass is 1620 g/mol. The number of aliphatic hydroxyl groups excluding tert-OH is 16. The number of benzene rings is 5. The van der Waals surface area contributed by atoms with E-state index in [1.807, 2.05) is 0 Å². The van der Waals surface area contributed by atoms with Crippen molar-refractivity contribution in [3.05, 3.63) is 155 Å². The van der Waals surface area contributed by atoms with Crippen LogP contribution in [0, 0.1) is 0 Å². The van der Waals surface area contributed by atoms with Crippen LogP contribution in [-0.4, -0.2) is 323 Å². The van der Waals surface area contributed by atoms with Gasteiger partial charge in [0.1, 0.15) is 189 Å². The summed E-state index contributed by atoms with van der Waals surface area (Å²) < 4.78 is 83.0. The molecule has 0 saturated carbocycles. The molecule has 0 amide bonds. The predicted molar refractivity (Wildman–Crippen MR) is 377 cm³/mol. The number of phenolic OH excluding ortho intramolecular Hbond substituents is 3. The van der Waals surface area contributed by atoms with Crippen LogP contribution >= 0.6 is 0 Å². The molecule has 0 aromatic heterocycles. The molecule has 0 aliphatic carbocycles. The Morgan fingerprint density at radius 2 is 0.748 bits per heavy atom. The average Bonchev–Trinajstić information content (AvgIpc) is 0.763. The van der Waals surface area contributed by atoms with Crippen LogP contribution in [0.3, 0.4) is 0 Å². The maximum Gasteiger partial charge on any atom is 0.330 e. The van der Waals surface area contributed by atoms with E-state index in [9.17, 15) is 121 Å². The van der Waals surface area contributed by atoms with Gasteiger partial charge in [0.05, 0.1) is 18.2 Å². The molecular weight excluding hydrogens is 1540 g/mol. The first-order valence-electron chi connectivity index (χ1n) is 35.3. The van der Waals surface area contributed by atoms with E-state index in [4.69, 9.17) is 76.2 Å². The maximum absolute atomic E-state index is 13.1. The number of aliphatic carboxylic acids is 1. The molecule has 622 valence electrons. The molecule has 0 radical (unpaired) electrons. The summed E-state index contributed by atoms with van der Waals surface area (Å²) in [5.41, 5.74) is 1.11. The van der Waals surface area contributed by atoms with Gasteiger partial charge in [-0.2, -0.15) is 0 Å². The summed E-state index contributed by atoms with van der Waals surface area (Å²) in [5.74, 6) is -8.22. The largest absolute Gasteiger partial charge is 0.571 e. The van der Waals surface area contributed by atoms with Crippen molar-refractivity contribution in [2.24, 2.45) is 0 Å². The zero-order chi connectivity index (χ0) is 82.8. The number of hydrogen-bond donors (Lipinski definition) is 20. The molecule has 40 nitrogen and oxygen atoms in total. The third kappa shape index (κ3) is 21.1. The van der Waals surface area contributed by atoms with Gasteiger partial charge in [0.15, 0.2) is 17.3 Å². The molecule has 11 rings (SSSR count). The number of rotatable bonds is 28. The van der Waals surface area contributed by atoms with Gasteiger partial charge >= 0.3 is 29.8 Å². The summed E-state index contributed by atoms with van der Waals surface area (Å²) >= 11 is 0. The Labute approximate surface area is 649 Å². The van der Waals surface area contributed by atoms with Gasteiger partial charge in [-0.15, -0.1) is 0 Å². The minimum absolute atomic E-state index is 0.0198. The smallest absolute Gasteiger partial charge is 0.330 e. The van der Waals surface area contributed by atoms with Crippen molar-refractivity contribution < 1.29 is 197 Å². The molecule has 0 bridgehead atoms.